The van der Waals surface area contributed by atoms with Gasteiger partial charge in [0.15, 0.2) is 0 Å². The van der Waals surface area contributed by atoms with Crippen molar-refractivity contribution in [2.75, 3.05) is 26.2 Å². The second kappa shape index (κ2) is 6.86. The number of nitrogens with zero attached hydrogens (tertiary/aromatic N) is 1. The Morgan fingerprint density at radius 2 is 2.37 bits per heavy atom. The quantitative estimate of drug-likeness (QED) is 0.722. The zero-order valence-corrected chi connectivity index (χ0v) is 11.1. The normalized spacial score (nSPS) is 28.3. The van der Waals surface area contributed by atoms with E-state index in [0.717, 1.165) is 45.4 Å². The molecule has 0 radical (unpaired) electrons. The lowest BCUT2D eigenvalue weighted by atomic mass is 10.1. The van der Waals surface area contributed by atoms with E-state index in [1.54, 1.807) is 0 Å². The minimum atomic E-state index is -0.925. The fraction of sp³-hybridized carbons (Fsp3) is 0.846. The Morgan fingerprint density at radius 1 is 1.53 bits per heavy atom. The summed E-state index contributed by atoms with van der Waals surface area (Å²) in [7, 11) is 0. The van der Waals surface area contributed by atoms with Crippen LogP contribution in [0.5, 0.6) is 0 Å². The van der Waals surface area contributed by atoms with Gasteiger partial charge in [0.25, 0.3) is 0 Å². The van der Waals surface area contributed by atoms with Crippen LogP contribution in [0.4, 0.5) is 0 Å². The molecule has 0 bridgehead atoms. The Kier molecular flexibility index (Phi) is 5.15. The molecule has 2 saturated heterocycles. The average Bonchev–Trinajstić information content (AvgIpc) is 2.86. The molecular weight excluding hydrogens is 248 g/mol. The highest BCUT2D eigenvalue weighted by atomic mass is 16.5. The smallest absolute Gasteiger partial charge is 0.305 e. The van der Waals surface area contributed by atoms with Gasteiger partial charge in [-0.2, -0.15) is 0 Å². The summed E-state index contributed by atoms with van der Waals surface area (Å²) in [6.45, 7) is 2.97. The van der Waals surface area contributed by atoms with Crippen molar-refractivity contribution in [3.8, 4) is 0 Å². The van der Waals surface area contributed by atoms with Gasteiger partial charge in [-0.25, -0.2) is 0 Å². The summed E-state index contributed by atoms with van der Waals surface area (Å²) < 4.78 is 5.56. The summed E-state index contributed by atoms with van der Waals surface area (Å²) in [4.78, 5) is 24.5. The number of aliphatic carboxylic acids is 1. The number of piperazine rings is 1. The van der Waals surface area contributed by atoms with E-state index in [9.17, 15) is 9.59 Å². The molecule has 0 aromatic carbocycles. The molecule has 108 valence electrons. The third-order valence-corrected chi connectivity index (χ3v) is 3.81. The van der Waals surface area contributed by atoms with Gasteiger partial charge in [0.2, 0.25) is 5.91 Å². The van der Waals surface area contributed by atoms with E-state index in [1.165, 1.54) is 0 Å². The predicted octanol–water partition coefficient (Wildman–Crippen LogP) is 0.221. The minimum Gasteiger partial charge on any atom is -0.481 e. The van der Waals surface area contributed by atoms with Crippen LogP contribution in [0.25, 0.3) is 0 Å². The van der Waals surface area contributed by atoms with Gasteiger partial charge in [-0.3, -0.25) is 14.5 Å². The Morgan fingerprint density at radius 3 is 3.05 bits per heavy atom. The van der Waals surface area contributed by atoms with Gasteiger partial charge in [-0.1, -0.05) is 0 Å². The molecule has 0 spiro atoms. The molecule has 6 nitrogen and oxygen atoms in total. The maximum atomic E-state index is 11.7. The summed E-state index contributed by atoms with van der Waals surface area (Å²) in [6.07, 6.45) is 4.45. The van der Waals surface area contributed by atoms with E-state index >= 15 is 0 Å². The van der Waals surface area contributed by atoms with E-state index in [1.807, 2.05) is 4.90 Å². The first kappa shape index (κ1) is 14.3. The van der Waals surface area contributed by atoms with Gasteiger partial charge in [0.1, 0.15) is 0 Å². The number of carbonyl (C=O) groups excluding carboxylic acids is 1. The summed E-state index contributed by atoms with van der Waals surface area (Å²) in [5, 5.41) is 11.6. The first-order chi connectivity index (χ1) is 9.16. The number of hydrogen-bond acceptors (Lipinski definition) is 4. The van der Waals surface area contributed by atoms with E-state index in [4.69, 9.17) is 9.84 Å². The molecule has 0 aromatic heterocycles. The average molecular weight is 270 g/mol. The monoisotopic (exact) mass is 270 g/mol. The fourth-order valence-electron chi connectivity index (χ4n) is 2.81. The van der Waals surface area contributed by atoms with Crippen LogP contribution in [-0.2, 0) is 14.3 Å². The Bertz CT molecular complexity index is 329. The topological polar surface area (TPSA) is 78.9 Å². The molecule has 2 rings (SSSR count). The summed E-state index contributed by atoms with van der Waals surface area (Å²) in [6, 6.07) is -0.518. The number of ether oxygens (including phenoxy) is 1. The van der Waals surface area contributed by atoms with Crippen molar-refractivity contribution < 1.29 is 19.4 Å². The van der Waals surface area contributed by atoms with E-state index in [2.05, 4.69) is 5.32 Å². The zero-order valence-electron chi connectivity index (χ0n) is 11.1. The van der Waals surface area contributed by atoms with Crippen molar-refractivity contribution in [1.29, 1.82) is 0 Å². The van der Waals surface area contributed by atoms with Crippen LogP contribution < -0.4 is 5.32 Å². The Labute approximate surface area is 113 Å². The Balaban J connectivity index is 1.78. The maximum absolute atomic E-state index is 11.7. The van der Waals surface area contributed by atoms with Gasteiger partial charge in [0, 0.05) is 19.7 Å². The van der Waals surface area contributed by atoms with Crippen molar-refractivity contribution in [2.45, 2.75) is 44.2 Å². The lowest BCUT2D eigenvalue weighted by molar-refractivity contribution is -0.143. The number of amides is 1. The Hall–Kier alpha value is -1.14. The number of carboxylic acid groups (broad SMARTS) is 1. The third-order valence-electron chi connectivity index (χ3n) is 3.81. The van der Waals surface area contributed by atoms with Crippen LogP contribution in [0.1, 0.15) is 32.1 Å². The van der Waals surface area contributed by atoms with Crippen molar-refractivity contribution in [2.24, 2.45) is 0 Å². The number of nitrogens with one attached hydrogen (secondary N) is 1. The molecule has 0 aliphatic carbocycles. The third kappa shape index (κ3) is 4.18. The number of rotatable bonds is 6. The van der Waals surface area contributed by atoms with Gasteiger partial charge < -0.3 is 15.2 Å². The molecule has 0 saturated carbocycles. The van der Waals surface area contributed by atoms with Crippen LogP contribution in [0.2, 0.25) is 0 Å². The van der Waals surface area contributed by atoms with Crippen molar-refractivity contribution in [3.05, 3.63) is 0 Å². The van der Waals surface area contributed by atoms with E-state index < -0.39 is 12.0 Å². The second-order valence-electron chi connectivity index (χ2n) is 5.22. The van der Waals surface area contributed by atoms with E-state index in [0.29, 0.717) is 12.6 Å². The van der Waals surface area contributed by atoms with Gasteiger partial charge in [-0.15, -0.1) is 0 Å². The summed E-state index contributed by atoms with van der Waals surface area (Å²) in [5.41, 5.74) is 0. The van der Waals surface area contributed by atoms with Gasteiger partial charge in [-0.05, 0) is 32.2 Å². The molecule has 1 amide bonds. The molecule has 6 heteroatoms. The first-order valence-electron chi connectivity index (χ1n) is 7.02. The van der Waals surface area contributed by atoms with Crippen LogP contribution >= 0.6 is 0 Å². The SMILES string of the molecule is O=C(O)CC1C(=O)NCCN1CCCC1CCCO1. The lowest BCUT2D eigenvalue weighted by Crippen LogP contribution is -2.56. The summed E-state index contributed by atoms with van der Waals surface area (Å²) >= 11 is 0. The highest BCUT2D eigenvalue weighted by Crippen LogP contribution is 2.18. The largest absolute Gasteiger partial charge is 0.481 e. The van der Waals surface area contributed by atoms with Crippen molar-refractivity contribution in [3.63, 3.8) is 0 Å². The van der Waals surface area contributed by atoms with Crippen molar-refractivity contribution >= 4 is 11.9 Å². The standard InChI is InChI=1S/C13H22N2O4/c16-12(17)9-11-13(18)14-5-7-15(11)6-1-3-10-4-2-8-19-10/h10-11H,1-9H2,(H,14,18)(H,16,17). The first-order valence-corrected chi connectivity index (χ1v) is 7.02. The highest BCUT2D eigenvalue weighted by Gasteiger charge is 2.31. The molecule has 2 aliphatic heterocycles. The predicted molar refractivity (Wildman–Crippen MR) is 68.8 cm³/mol. The molecule has 0 aromatic rings. The van der Waals surface area contributed by atoms with Crippen LogP contribution in [0.3, 0.4) is 0 Å². The number of carbonyl (C=O) groups is 2. The molecule has 2 aliphatic rings. The minimum absolute atomic E-state index is 0.119. The van der Waals surface area contributed by atoms with Gasteiger partial charge in [0.05, 0.1) is 18.6 Å². The van der Waals surface area contributed by atoms with Crippen LogP contribution in [0.15, 0.2) is 0 Å². The number of hydrogen-bond donors (Lipinski definition) is 2. The maximum Gasteiger partial charge on any atom is 0.305 e. The highest BCUT2D eigenvalue weighted by molar-refractivity contribution is 5.86. The molecule has 2 unspecified atom stereocenters. The number of carboxylic acids is 1. The second-order valence-corrected chi connectivity index (χ2v) is 5.22. The summed E-state index contributed by atoms with van der Waals surface area (Å²) in [5.74, 6) is -1.09. The molecule has 2 atom stereocenters. The fourth-order valence-corrected chi connectivity index (χ4v) is 2.81. The van der Waals surface area contributed by atoms with E-state index in [-0.39, 0.29) is 12.3 Å². The lowest BCUT2D eigenvalue weighted by Gasteiger charge is -2.34. The van der Waals surface area contributed by atoms with Gasteiger partial charge >= 0.3 is 5.97 Å². The van der Waals surface area contributed by atoms with Crippen LogP contribution in [-0.4, -0.2) is 60.3 Å². The molecular formula is C13H22N2O4. The van der Waals surface area contributed by atoms with Crippen LogP contribution in [0, 0.1) is 0 Å². The van der Waals surface area contributed by atoms with Crippen molar-refractivity contribution in [1.82, 2.24) is 10.2 Å². The molecule has 2 N–H and O–H groups in total. The molecule has 2 heterocycles. The molecule has 2 fully saturated rings. The molecule has 19 heavy (non-hydrogen) atoms. The zero-order chi connectivity index (χ0) is 13.7.